The number of carboxylic acids is 1. The van der Waals surface area contributed by atoms with E-state index in [-0.39, 0.29) is 6.42 Å². The fourth-order valence-corrected chi connectivity index (χ4v) is 2.27. The molecule has 0 amide bonds. The van der Waals surface area contributed by atoms with Crippen LogP contribution in [0.1, 0.15) is 83.5 Å². The lowest BCUT2D eigenvalue weighted by Gasteiger charge is -2.02. The summed E-state index contributed by atoms with van der Waals surface area (Å²) in [5, 5.41) is 17.0. The van der Waals surface area contributed by atoms with E-state index >= 15 is 0 Å². The maximum atomic E-state index is 10.8. The van der Waals surface area contributed by atoms with E-state index in [4.69, 9.17) is 10.2 Å². The fraction of sp³-hybridized carbons (Fsp3) is 0.875. The SMILES string of the molecule is O=C(O)C(=O)CCCCCCCCCCCCCCO. The molecule has 0 aromatic carbocycles. The molecule has 0 unspecified atom stereocenters. The highest BCUT2D eigenvalue weighted by Crippen LogP contribution is 2.12. The van der Waals surface area contributed by atoms with Crippen LogP contribution >= 0.6 is 0 Å². The monoisotopic (exact) mass is 286 g/mol. The van der Waals surface area contributed by atoms with Crippen LogP contribution in [0.15, 0.2) is 0 Å². The van der Waals surface area contributed by atoms with Crippen molar-refractivity contribution in [2.75, 3.05) is 6.61 Å². The van der Waals surface area contributed by atoms with Gasteiger partial charge in [0.15, 0.2) is 0 Å². The third-order valence-electron chi connectivity index (χ3n) is 3.55. The highest BCUT2D eigenvalue weighted by molar-refractivity contribution is 6.32. The van der Waals surface area contributed by atoms with Crippen molar-refractivity contribution >= 4 is 11.8 Å². The normalized spacial score (nSPS) is 10.7. The molecule has 0 atom stereocenters. The van der Waals surface area contributed by atoms with Crippen LogP contribution in [0.25, 0.3) is 0 Å². The minimum absolute atomic E-state index is 0.184. The minimum Gasteiger partial charge on any atom is -0.476 e. The Balaban J connectivity index is 3.06. The number of aliphatic carboxylic acids is 1. The summed E-state index contributed by atoms with van der Waals surface area (Å²) in [6.45, 7) is 0.318. The molecule has 0 bridgehead atoms. The van der Waals surface area contributed by atoms with Gasteiger partial charge in [-0.1, -0.05) is 64.2 Å². The number of ketones is 1. The maximum absolute atomic E-state index is 10.8. The Morgan fingerprint density at radius 1 is 0.600 bits per heavy atom. The first kappa shape index (κ1) is 19.1. The number of aliphatic hydroxyl groups is 1. The number of rotatable bonds is 15. The molecule has 0 radical (unpaired) electrons. The van der Waals surface area contributed by atoms with Gasteiger partial charge in [0, 0.05) is 13.0 Å². The van der Waals surface area contributed by atoms with Crippen molar-refractivity contribution in [3.05, 3.63) is 0 Å². The van der Waals surface area contributed by atoms with Crippen LogP contribution in [-0.2, 0) is 9.59 Å². The summed E-state index contributed by atoms with van der Waals surface area (Å²) >= 11 is 0. The first-order chi connectivity index (χ1) is 9.68. The lowest BCUT2D eigenvalue weighted by atomic mass is 10.0. The van der Waals surface area contributed by atoms with Gasteiger partial charge in [0.1, 0.15) is 0 Å². The third-order valence-corrected chi connectivity index (χ3v) is 3.55. The molecule has 0 aliphatic heterocycles. The second kappa shape index (κ2) is 14.5. The second-order valence-corrected chi connectivity index (χ2v) is 5.44. The van der Waals surface area contributed by atoms with Crippen LogP contribution in [0, 0.1) is 0 Å². The van der Waals surface area contributed by atoms with Crippen LogP contribution in [-0.4, -0.2) is 28.6 Å². The molecule has 0 rings (SSSR count). The van der Waals surface area contributed by atoms with E-state index < -0.39 is 11.8 Å². The van der Waals surface area contributed by atoms with Gasteiger partial charge in [-0.2, -0.15) is 0 Å². The molecule has 0 aliphatic carbocycles. The first-order valence-corrected chi connectivity index (χ1v) is 8.05. The van der Waals surface area contributed by atoms with Crippen molar-refractivity contribution in [1.82, 2.24) is 0 Å². The zero-order chi connectivity index (χ0) is 15.1. The number of carboxylic acid groups (broad SMARTS) is 1. The van der Waals surface area contributed by atoms with Gasteiger partial charge >= 0.3 is 5.97 Å². The van der Waals surface area contributed by atoms with Crippen molar-refractivity contribution in [3.8, 4) is 0 Å². The summed E-state index contributed by atoms with van der Waals surface area (Å²) in [6, 6.07) is 0. The topological polar surface area (TPSA) is 74.6 Å². The Morgan fingerprint density at radius 3 is 1.30 bits per heavy atom. The van der Waals surface area contributed by atoms with E-state index in [1.165, 1.54) is 44.9 Å². The average Bonchev–Trinajstić information content (AvgIpc) is 2.43. The Bertz CT molecular complexity index is 251. The van der Waals surface area contributed by atoms with Gasteiger partial charge in [0.25, 0.3) is 0 Å². The predicted molar refractivity (Wildman–Crippen MR) is 79.7 cm³/mol. The van der Waals surface area contributed by atoms with Gasteiger partial charge in [-0.05, 0) is 12.8 Å². The number of carbonyl (C=O) groups excluding carboxylic acids is 1. The van der Waals surface area contributed by atoms with Crippen LogP contribution in [0.2, 0.25) is 0 Å². The molecule has 0 aromatic heterocycles. The fourth-order valence-electron chi connectivity index (χ4n) is 2.27. The summed E-state index contributed by atoms with van der Waals surface area (Å²) in [5.41, 5.74) is 0. The van der Waals surface area contributed by atoms with Gasteiger partial charge in [-0.15, -0.1) is 0 Å². The Hall–Kier alpha value is -0.900. The minimum atomic E-state index is -1.30. The highest BCUT2D eigenvalue weighted by Gasteiger charge is 2.09. The van der Waals surface area contributed by atoms with Gasteiger partial charge in [0.2, 0.25) is 5.78 Å². The van der Waals surface area contributed by atoms with Gasteiger partial charge in [-0.25, -0.2) is 4.79 Å². The van der Waals surface area contributed by atoms with Crippen LogP contribution in [0.4, 0.5) is 0 Å². The highest BCUT2D eigenvalue weighted by atomic mass is 16.4. The third kappa shape index (κ3) is 13.5. The van der Waals surface area contributed by atoms with Crippen molar-refractivity contribution in [2.24, 2.45) is 0 Å². The lowest BCUT2D eigenvalue weighted by molar-refractivity contribution is -0.149. The number of unbranched alkanes of at least 4 members (excludes halogenated alkanes) is 11. The van der Waals surface area contributed by atoms with Crippen molar-refractivity contribution in [3.63, 3.8) is 0 Å². The molecule has 0 saturated carbocycles. The van der Waals surface area contributed by atoms with E-state index in [1.54, 1.807) is 0 Å². The molecular formula is C16H30O4. The lowest BCUT2D eigenvalue weighted by Crippen LogP contribution is -2.11. The smallest absolute Gasteiger partial charge is 0.372 e. The Labute approximate surface area is 122 Å². The molecule has 2 N–H and O–H groups in total. The Morgan fingerprint density at radius 2 is 0.950 bits per heavy atom. The summed E-state index contributed by atoms with van der Waals surface area (Å²) < 4.78 is 0. The molecule has 20 heavy (non-hydrogen) atoms. The zero-order valence-electron chi connectivity index (χ0n) is 12.6. The number of aliphatic hydroxyl groups excluding tert-OH is 1. The van der Waals surface area contributed by atoms with Gasteiger partial charge in [0.05, 0.1) is 0 Å². The standard InChI is InChI=1S/C16H30O4/c17-14-12-10-8-6-4-2-1-3-5-7-9-11-13-15(18)16(19)20/h17H,1-14H2,(H,19,20). The summed E-state index contributed by atoms with van der Waals surface area (Å²) in [4.78, 5) is 21.1. The average molecular weight is 286 g/mol. The number of hydrogen-bond acceptors (Lipinski definition) is 3. The van der Waals surface area contributed by atoms with E-state index in [0.717, 1.165) is 25.7 Å². The van der Waals surface area contributed by atoms with Crippen LogP contribution < -0.4 is 0 Å². The van der Waals surface area contributed by atoms with Crippen molar-refractivity contribution < 1.29 is 19.8 Å². The first-order valence-electron chi connectivity index (χ1n) is 8.05. The van der Waals surface area contributed by atoms with Crippen molar-refractivity contribution in [2.45, 2.75) is 83.5 Å². The predicted octanol–water partition coefficient (Wildman–Crippen LogP) is 3.70. The molecule has 118 valence electrons. The largest absolute Gasteiger partial charge is 0.476 e. The van der Waals surface area contributed by atoms with Crippen LogP contribution in [0.3, 0.4) is 0 Å². The summed E-state index contributed by atoms with van der Waals surface area (Å²) in [7, 11) is 0. The molecule has 0 spiro atoms. The second-order valence-electron chi connectivity index (χ2n) is 5.44. The summed E-state index contributed by atoms with van der Waals surface area (Å²) in [5.74, 6) is -1.96. The number of Topliss-reactive ketones (excluding diaryl/α,β-unsaturated/α-hetero) is 1. The molecule has 4 nitrogen and oxygen atoms in total. The van der Waals surface area contributed by atoms with Gasteiger partial charge in [-0.3, -0.25) is 4.79 Å². The Kier molecular flexibility index (Phi) is 13.9. The summed E-state index contributed by atoms with van der Waals surface area (Å²) in [6.07, 6.45) is 13.8. The van der Waals surface area contributed by atoms with Crippen molar-refractivity contribution in [1.29, 1.82) is 0 Å². The van der Waals surface area contributed by atoms with Crippen LogP contribution in [0.5, 0.6) is 0 Å². The van der Waals surface area contributed by atoms with E-state index in [1.807, 2.05) is 0 Å². The molecule has 0 heterocycles. The number of carbonyl (C=O) groups is 2. The maximum Gasteiger partial charge on any atom is 0.372 e. The quantitative estimate of drug-likeness (QED) is 0.355. The molecular weight excluding hydrogens is 256 g/mol. The molecule has 0 aliphatic rings. The van der Waals surface area contributed by atoms with Gasteiger partial charge < -0.3 is 10.2 Å². The molecule has 4 heteroatoms. The number of hydrogen-bond donors (Lipinski definition) is 2. The van der Waals surface area contributed by atoms with E-state index in [2.05, 4.69) is 0 Å². The zero-order valence-corrected chi connectivity index (χ0v) is 12.6. The van der Waals surface area contributed by atoms with E-state index in [0.29, 0.717) is 13.0 Å². The molecule has 0 saturated heterocycles. The van der Waals surface area contributed by atoms with E-state index in [9.17, 15) is 9.59 Å². The molecule has 0 aromatic rings. The molecule has 0 fully saturated rings.